The lowest BCUT2D eigenvalue weighted by Crippen LogP contribution is -2.14. The molecule has 0 unspecified atom stereocenters. The van der Waals surface area contributed by atoms with Crippen LogP contribution in [0.25, 0.3) is 0 Å². The summed E-state index contributed by atoms with van der Waals surface area (Å²) >= 11 is 1.95. The van der Waals surface area contributed by atoms with Gasteiger partial charge in [0.05, 0.1) is 0 Å². The van der Waals surface area contributed by atoms with Crippen LogP contribution >= 0.6 is 11.8 Å². The van der Waals surface area contributed by atoms with Gasteiger partial charge < -0.3 is 5.21 Å². The first-order valence-corrected chi connectivity index (χ1v) is 5.89. The van der Waals surface area contributed by atoms with E-state index in [0.29, 0.717) is 6.54 Å². The summed E-state index contributed by atoms with van der Waals surface area (Å²) in [7, 11) is 0. The van der Waals surface area contributed by atoms with Crippen molar-refractivity contribution in [3.8, 4) is 0 Å². The molecule has 0 radical (unpaired) electrons. The molecule has 2 rings (SSSR count). The summed E-state index contributed by atoms with van der Waals surface area (Å²) in [4.78, 5) is 1.30. The average molecular weight is 209 g/mol. The lowest BCUT2D eigenvalue weighted by molar-refractivity contribution is 0.160. The summed E-state index contributed by atoms with van der Waals surface area (Å²) in [6, 6.07) is 8.26. The zero-order valence-corrected chi connectivity index (χ0v) is 8.89. The molecule has 0 aliphatic heterocycles. The third-order valence-electron chi connectivity index (χ3n) is 2.59. The molecule has 0 bridgehead atoms. The van der Waals surface area contributed by atoms with E-state index in [1.165, 1.54) is 29.7 Å². The molecule has 1 aliphatic rings. The Balaban J connectivity index is 2.05. The molecule has 76 valence electrons. The average Bonchev–Trinajstić information content (AvgIpc) is 2.14. The number of thioether (sulfide) groups is 1. The van der Waals surface area contributed by atoms with Crippen LogP contribution in [-0.2, 0) is 6.54 Å². The molecule has 1 aromatic carbocycles. The largest absolute Gasteiger partial charge is 0.316 e. The van der Waals surface area contributed by atoms with Gasteiger partial charge in [0.2, 0.25) is 0 Å². The maximum absolute atomic E-state index is 8.69. The number of benzene rings is 1. The van der Waals surface area contributed by atoms with E-state index in [1.54, 1.807) is 0 Å². The van der Waals surface area contributed by atoms with E-state index >= 15 is 0 Å². The van der Waals surface area contributed by atoms with Crippen molar-refractivity contribution in [3.63, 3.8) is 0 Å². The zero-order valence-electron chi connectivity index (χ0n) is 8.07. The Hall–Kier alpha value is -0.510. The molecular weight excluding hydrogens is 194 g/mol. The lowest BCUT2D eigenvalue weighted by Gasteiger charge is -2.25. The molecule has 0 atom stereocenters. The van der Waals surface area contributed by atoms with Crippen LogP contribution in [0.3, 0.4) is 0 Å². The fourth-order valence-corrected chi connectivity index (χ4v) is 2.90. The van der Waals surface area contributed by atoms with Crippen LogP contribution in [0.2, 0.25) is 0 Å². The van der Waals surface area contributed by atoms with Gasteiger partial charge >= 0.3 is 0 Å². The van der Waals surface area contributed by atoms with Gasteiger partial charge in [0.25, 0.3) is 0 Å². The van der Waals surface area contributed by atoms with Crippen LogP contribution < -0.4 is 5.48 Å². The van der Waals surface area contributed by atoms with Gasteiger partial charge in [-0.15, -0.1) is 11.8 Å². The lowest BCUT2D eigenvalue weighted by atomic mass is 10.00. The van der Waals surface area contributed by atoms with Crippen molar-refractivity contribution in [2.24, 2.45) is 0 Å². The van der Waals surface area contributed by atoms with Crippen LogP contribution in [0.4, 0.5) is 0 Å². The van der Waals surface area contributed by atoms with Gasteiger partial charge in [-0.1, -0.05) is 24.6 Å². The Bertz CT molecular complexity index is 299. The monoisotopic (exact) mass is 209 g/mol. The molecule has 1 saturated carbocycles. The Morgan fingerprint density at radius 3 is 2.79 bits per heavy atom. The van der Waals surface area contributed by atoms with E-state index in [9.17, 15) is 0 Å². The van der Waals surface area contributed by atoms with E-state index in [1.807, 2.05) is 17.8 Å². The molecule has 14 heavy (non-hydrogen) atoms. The van der Waals surface area contributed by atoms with Crippen molar-refractivity contribution in [1.82, 2.24) is 5.48 Å². The molecule has 0 spiro atoms. The summed E-state index contributed by atoms with van der Waals surface area (Å²) in [6.07, 6.45) is 4.05. The maximum atomic E-state index is 8.69. The Labute approximate surface area is 88.7 Å². The molecule has 3 heteroatoms. The van der Waals surface area contributed by atoms with Crippen molar-refractivity contribution in [2.75, 3.05) is 0 Å². The Morgan fingerprint density at radius 2 is 2.14 bits per heavy atom. The Kier molecular flexibility index (Phi) is 3.45. The molecule has 0 aromatic heterocycles. The smallest absolute Gasteiger partial charge is 0.0469 e. The van der Waals surface area contributed by atoms with Crippen LogP contribution in [0, 0.1) is 0 Å². The van der Waals surface area contributed by atoms with Crippen molar-refractivity contribution < 1.29 is 5.21 Å². The van der Waals surface area contributed by atoms with Gasteiger partial charge in [0, 0.05) is 16.7 Å². The van der Waals surface area contributed by atoms with Gasteiger partial charge in [-0.25, -0.2) is 5.48 Å². The number of rotatable bonds is 4. The van der Waals surface area contributed by atoms with Gasteiger partial charge in [-0.3, -0.25) is 0 Å². The van der Waals surface area contributed by atoms with Gasteiger partial charge in [-0.05, 0) is 24.5 Å². The molecule has 2 nitrogen and oxygen atoms in total. The summed E-state index contributed by atoms with van der Waals surface area (Å²) in [5.74, 6) is 0. The minimum absolute atomic E-state index is 0.538. The summed E-state index contributed by atoms with van der Waals surface area (Å²) in [5, 5.41) is 9.49. The molecule has 1 aliphatic carbocycles. The Morgan fingerprint density at radius 1 is 1.36 bits per heavy atom. The highest BCUT2D eigenvalue weighted by Crippen LogP contribution is 2.37. The predicted molar refractivity (Wildman–Crippen MR) is 58.6 cm³/mol. The molecule has 0 heterocycles. The summed E-state index contributed by atoms with van der Waals surface area (Å²) in [5.41, 5.74) is 3.41. The molecule has 0 saturated heterocycles. The first-order valence-electron chi connectivity index (χ1n) is 5.01. The normalized spacial score (nSPS) is 16.6. The fourth-order valence-electron chi connectivity index (χ4n) is 1.52. The van der Waals surface area contributed by atoms with E-state index < -0.39 is 0 Å². The van der Waals surface area contributed by atoms with Crippen LogP contribution in [0.1, 0.15) is 24.8 Å². The van der Waals surface area contributed by atoms with Crippen molar-refractivity contribution in [3.05, 3.63) is 29.8 Å². The summed E-state index contributed by atoms with van der Waals surface area (Å²) < 4.78 is 0. The van der Waals surface area contributed by atoms with E-state index in [0.717, 1.165) is 5.25 Å². The van der Waals surface area contributed by atoms with E-state index in [-0.39, 0.29) is 0 Å². The van der Waals surface area contributed by atoms with E-state index in [2.05, 4.69) is 23.7 Å². The van der Waals surface area contributed by atoms with E-state index in [4.69, 9.17) is 5.21 Å². The highest BCUT2D eigenvalue weighted by Gasteiger charge is 2.19. The molecular formula is C11H15NOS. The number of nitrogens with one attached hydrogen (secondary N) is 1. The number of hydroxylamine groups is 1. The first kappa shape index (κ1) is 10.0. The molecule has 0 amide bonds. The third kappa shape index (κ3) is 2.29. The standard InChI is InChI=1S/C11H15NOS/c13-12-8-9-4-1-2-7-11(9)14-10-5-3-6-10/h1-2,4,7,10,12-13H,3,5-6,8H2. The summed E-state index contributed by atoms with van der Waals surface area (Å²) in [6.45, 7) is 0.538. The zero-order chi connectivity index (χ0) is 9.80. The highest BCUT2D eigenvalue weighted by atomic mass is 32.2. The molecule has 1 fully saturated rings. The second-order valence-corrected chi connectivity index (χ2v) is 4.96. The minimum atomic E-state index is 0.538. The third-order valence-corrected chi connectivity index (χ3v) is 4.04. The fraction of sp³-hybridized carbons (Fsp3) is 0.455. The molecule has 2 N–H and O–H groups in total. The quantitative estimate of drug-likeness (QED) is 0.748. The second-order valence-electron chi connectivity index (χ2n) is 3.61. The van der Waals surface area contributed by atoms with Crippen LogP contribution in [0.5, 0.6) is 0 Å². The minimum Gasteiger partial charge on any atom is -0.316 e. The van der Waals surface area contributed by atoms with Crippen LogP contribution in [-0.4, -0.2) is 10.5 Å². The SMILES string of the molecule is ONCc1ccccc1SC1CCC1. The topological polar surface area (TPSA) is 32.3 Å². The first-order chi connectivity index (χ1) is 6.90. The highest BCUT2D eigenvalue weighted by molar-refractivity contribution is 8.00. The maximum Gasteiger partial charge on any atom is 0.0469 e. The van der Waals surface area contributed by atoms with Crippen LogP contribution in [0.15, 0.2) is 29.2 Å². The number of hydrogen-bond donors (Lipinski definition) is 2. The van der Waals surface area contributed by atoms with Gasteiger partial charge in [-0.2, -0.15) is 0 Å². The van der Waals surface area contributed by atoms with Gasteiger partial charge in [0.15, 0.2) is 0 Å². The van der Waals surface area contributed by atoms with Crippen molar-refractivity contribution in [2.45, 2.75) is 36.0 Å². The van der Waals surface area contributed by atoms with Gasteiger partial charge in [0.1, 0.15) is 0 Å². The predicted octanol–water partition coefficient (Wildman–Crippen LogP) is 2.81. The van der Waals surface area contributed by atoms with Crippen molar-refractivity contribution >= 4 is 11.8 Å². The molecule has 1 aromatic rings. The second kappa shape index (κ2) is 4.82. The number of hydrogen-bond acceptors (Lipinski definition) is 3. The van der Waals surface area contributed by atoms with Crippen molar-refractivity contribution in [1.29, 1.82) is 0 Å².